The Labute approximate surface area is 143 Å². The van der Waals surface area contributed by atoms with Gasteiger partial charge in [0.2, 0.25) is 0 Å². The third-order valence-corrected chi connectivity index (χ3v) is 4.67. The molecule has 1 N–H and O–H groups in total. The van der Waals surface area contributed by atoms with E-state index in [-0.39, 0.29) is 6.03 Å². The van der Waals surface area contributed by atoms with Gasteiger partial charge in [-0.2, -0.15) is 0 Å². The minimum Gasteiger partial charge on any atom is -0.494 e. The van der Waals surface area contributed by atoms with E-state index in [4.69, 9.17) is 9.47 Å². The van der Waals surface area contributed by atoms with E-state index in [1.165, 1.54) is 0 Å². The quantitative estimate of drug-likeness (QED) is 0.884. The van der Waals surface area contributed by atoms with Gasteiger partial charge in [-0.15, -0.1) is 0 Å². The van der Waals surface area contributed by atoms with Crippen LogP contribution in [0.1, 0.15) is 12.5 Å². The highest BCUT2D eigenvalue weighted by Gasteiger charge is 2.31. The molecule has 132 valence electrons. The van der Waals surface area contributed by atoms with Crippen molar-refractivity contribution >= 4 is 6.03 Å². The van der Waals surface area contributed by atoms with Crippen molar-refractivity contribution in [2.45, 2.75) is 19.4 Å². The number of piperazine rings is 1. The Kier molecular flexibility index (Phi) is 5.93. The van der Waals surface area contributed by atoms with Gasteiger partial charge >= 0.3 is 6.03 Å². The number of rotatable bonds is 5. The molecule has 6 heteroatoms. The maximum absolute atomic E-state index is 12.4. The van der Waals surface area contributed by atoms with Gasteiger partial charge in [0.1, 0.15) is 5.75 Å². The van der Waals surface area contributed by atoms with Crippen LogP contribution >= 0.6 is 0 Å². The van der Waals surface area contributed by atoms with Crippen LogP contribution in [0.25, 0.3) is 0 Å². The van der Waals surface area contributed by atoms with Crippen LogP contribution in [0, 0.1) is 0 Å². The Balaban J connectivity index is 1.46. The molecule has 1 aromatic rings. The van der Waals surface area contributed by atoms with E-state index in [1.54, 1.807) is 0 Å². The van der Waals surface area contributed by atoms with Gasteiger partial charge in [0.05, 0.1) is 25.9 Å². The molecule has 1 atom stereocenters. The summed E-state index contributed by atoms with van der Waals surface area (Å²) in [6.45, 7) is 8.24. The molecule has 0 aliphatic carbocycles. The monoisotopic (exact) mass is 333 g/mol. The predicted octanol–water partition coefficient (Wildman–Crippen LogP) is 1.35. The normalized spacial score (nSPS) is 21.2. The SMILES string of the molecule is CCOc1ccccc1CCNC(=O)N1CCN2CCOC[C@H]2C1. The summed E-state index contributed by atoms with van der Waals surface area (Å²) < 4.78 is 11.2. The van der Waals surface area contributed by atoms with Crippen molar-refractivity contribution in [3.05, 3.63) is 29.8 Å². The van der Waals surface area contributed by atoms with Crippen LogP contribution in [0.15, 0.2) is 24.3 Å². The summed E-state index contributed by atoms with van der Waals surface area (Å²) in [6.07, 6.45) is 0.772. The number of carbonyl (C=O) groups excluding carboxylic acids is 1. The highest BCUT2D eigenvalue weighted by molar-refractivity contribution is 5.74. The van der Waals surface area contributed by atoms with Gasteiger partial charge in [0, 0.05) is 32.7 Å². The van der Waals surface area contributed by atoms with Crippen LogP contribution in [-0.2, 0) is 11.2 Å². The molecule has 6 nitrogen and oxygen atoms in total. The van der Waals surface area contributed by atoms with Crippen LogP contribution in [0.5, 0.6) is 5.75 Å². The van der Waals surface area contributed by atoms with Gasteiger partial charge in [-0.05, 0) is 25.0 Å². The second-order valence-electron chi connectivity index (χ2n) is 6.23. The molecule has 0 saturated carbocycles. The molecule has 3 rings (SSSR count). The summed E-state index contributed by atoms with van der Waals surface area (Å²) >= 11 is 0. The number of hydrogen-bond acceptors (Lipinski definition) is 4. The Morgan fingerprint density at radius 2 is 2.21 bits per heavy atom. The number of benzene rings is 1. The number of para-hydroxylation sites is 1. The van der Waals surface area contributed by atoms with Crippen molar-refractivity contribution < 1.29 is 14.3 Å². The van der Waals surface area contributed by atoms with Crippen molar-refractivity contribution in [1.82, 2.24) is 15.1 Å². The Bertz CT molecular complexity index is 552. The topological polar surface area (TPSA) is 54.0 Å². The molecule has 0 aromatic heterocycles. The van der Waals surface area contributed by atoms with Gasteiger partial charge in [-0.1, -0.05) is 18.2 Å². The molecule has 2 aliphatic rings. The van der Waals surface area contributed by atoms with E-state index in [2.05, 4.69) is 16.3 Å². The van der Waals surface area contributed by atoms with Crippen molar-refractivity contribution in [1.29, 1.82) is 0 Å². The molecule has 0 radical (unpaired) electrons. The molecule has 2 fully saturated rings. The number of morpholine rings is 1. The highest BCUT2D eigenvalue weighted by Crippen LogP contribution is 2.18. The lowest BCUT2D eigenvalue weighted by Crippen LogP contribution is -2.60. The fourth-order valence-electron chi connectivity index (χ4n) is 3.35. The molecular weight excluding hydrogens is 306 g/mol. The van der Waals surface area contributed by atoms with Crippen LogP contribution in [0.2, 0.25) is 0 Å². The number of amides is 2. The van der Waals surface area contributed by atoms with Crippen LogP contribution in [0.3, 0.4) is 0 Å². The van der Waals surface area contributed by atoms with Gasteiger partial charge in [-0.3, -0.25) is 4.90 Å². The second-order valence-corrected chi connectivity index (χ2v) is 6.23. The van der Waals surface area contributed by atoms with Crippen molar-refractivity contribution in [3.8, 4) is 5.75 Å². The van der Waals surface area contributed by atoms with E-state index < -0.39 is 0 Å². The number of nitrogens with zero attached hydrogens (tertiary/aromatic N) is 2. The average molecular weight is 333 g/mol. The summed E-state index contributed by atoms with van der Waals surface area (Å²) in [5.74, 6) is 0.905. The molecule has 1 aromatic carbocycles. The molecule has 24 heavy (non-hydrogen) atoms. The minimum absolute atomic E-state index is 0.0223. The lowest BCUT2D eigenvalue weighted by Gasteiger charge is -2.43. The fraction of sp³-hybridized carbons (Fsp3) is 0.611. The maximum atomic E-state index is 12.4. The molecule has 0 spiro atoms. The first-order valence-corrected chi connectivity index (χ1v) is 8.83. The molecule has 2 aliphatic heterocycles. The van der Waals surface area contributed by atoms with Crippen LogP contribution in [0.4, 0.5) is 4.79 Å². The summed E-state index contributed by atoms with van der Waals surface area (Å²) in [6, 6.07) is 8.37. The zero-order valence-electron chi connectivity index (χ0n) is 14.4. The van der Waals surface area contributed by atoms with E-state index >= 15 is 0 Å². The summed E-state index contributed by atoms with van der Waals surface area (Å²) in [7, 11) is 0. The maximum Gasteiger partial charge on any atom is 0.317 e. The Morgan fingerprint density at radius 3 is 3.08 bits per heavy atom. The average Bonchev–Trinajstić information content (AvgIpc) is 2.63. The van der Waals surface area contributed by atoms with Crippen molar-refractivity contribution in [2.75, 3.05) is 52.5 Å². The first kappa shape index (κ1) is 17.0. The minimum atomic E-state index is 0.0223. The van der Waals surface area contributed by atoms with Gasteiger partial charge in [-0.25, -0.2) is 4.79 Å². The van der Waals surface area contributed by atoms with Crippen molar-refractivity contribution in [2.24, 2.45) is 0 Å². The largest absolute Gasteiger partial charge is 0.494 e. The summed E-state index contributed by atoms with van der Waals surface area (Å²) in [5.41, 5.74) is 1.13. The van der Waals surface area contributed by atoms with E-state index in [9.17, 15) is 4.79 Å². The highest BCUT2D eigenvalue weighted by atomic mass is 16.5. The van der Waals surface area contributed by atoms with E-state index in [0.29, 0.717) is 19.2 Å². The molecule has 0 unspecified atom stereocenters. The van der Waals surface area contributed by atoms with Crippen molar-refractivity contribution in [3.63, 3.8) is 0 Å². The first-order chi connectivity index (χ1) is 11.8. The zero-order chi connectivity index (χ0) is 16.8. The Hall–Kier alpha value is -1.79. The van der Waals surface area contributed by atoms with Crippen LogP contribution in [-0.4, -0.2) is 74.4 Å². The number of fused-ring (bicyclic) bond motifs is 1. The molecular formula is C18H27N3O3. The van der Waals surface area contributed by atoms with E-state index in [1.807, 2.05) is 30.0 Å². The van der Waals surface area contributed by atoms with Gasteiger partial charge in [0.15, 0.2) is 0 Å². The summed E-state index contributed by atoms with van der Waals surface area (Å²) in [4.78, 5) is 16.7. The lowest BCUT2D eigenvalue weighted by atomic mass is 10.1. The fourth-order valence-corrected chi connectivity index (χ4v) is 3.35. The zero-order valence-corrected chi connectivity index (χ0v) is 14.4. The predicted molar refractivity (Wildman–Crippen MR) is 92.5 cm³/mol. The van der Waals surface area contributed by atoms with Gasteiger partial charge < -0.3 is 19.7 Å². The third-order valence-electron chi connectivity index (χ3n) is 4.67. The number of carbonyl (C=O) groups is 1. The second kappa shape index (κ2) is 8.35. The Morgan fingerprint density at radius 1 is 1.33 bits per heavy atom. The molecule has 0 bridgehead atoms. The van der Waals surface area contributed by atoms with Crippen LogP contribution < -0.4 is 10.1 Å². The van der Waals surface area contributed by atoms with Gasteiger partial charge in [0.25, 0.3) is 0 Å². The number of hydrogen-bond donors (Lipinski definition) is 1. The first-order valence-electron chi connectivity index (χ1n) is 8.83. The standard InChI is InChI=1S/C18H27N3O3/c1-2-24-17-6-4-3-5-15(17)7-8-19-18(22)21-10-9-20-11-12-23-14-16(20)13-21/h3-6,16H,2,7-14H2,1H3,(H,19,22)/t16-/m1/s1. The smallest absolute Gasteiger partial charge is 0.317 e. The molecule has 2 saturated heterocycles. The lowest BCUT2D eigenvalue weighted by molar-refractivity contribution is -0.0364. The third kappa shape index (κ3) is 4.19. The number of ether oxygens (including phenoxy) is 2. The summed E-state index contributed by atoms with van der Waals surface area (Å²) in [5, 5.41) is 3.04. The van der Waals surface area contributed by atoms with E-state index in [0.717, 1.165) is 57.1 Å². The number of urea groups is 1. The number of nitrogens with one attached hydrogen (secondary N) is 1. The molecule has 2 amide bonds. The molecule has 2 heterocycles.